The molecule has 7 heteroatoms. The first kappa shape index (κ1) is 20.2. The highest BCUT2D eigenvalue weighted by Gasteiger charge is 2.10. The third-order valence-corrected chi connectivity index (χ3v) is 4.13. The number of nitrogens with zero attached hydrogens (tertiary/aromatic N) is 1. The van der Waals surface area contributed by atoms with Gasteiger partial charge in [-0.25, -0.2) is 4.79 Å². The zero-order valence-electron chi connectivity index (χ0n) is 15.7. The van der Waals surface area contributed by atoms with Gasteiger partial charge in [-0.1, -0.05) is 12.1 Å². The molecule has 26 heavy (non-hydrogen) atoms. The lowest BCUT2D eigenvalue weighted by Gasteiger charge is -2.26. The van der Waals surface area contributed by atoms with Gasteiger partial charge in [0.05, 0.1) is 13.2 Å². The molecule has 1 heterocycles. The molecule has 3 amide bonds. The van der Waals surface area contributed by atoms with Crippen LogP contribution in [0.4, 0.5) is 4.79 Å². The zero-order chi connectivity index (χ0) is 18.8. The molecular formula is C19H30N4O3. The molecule has 0 spiro atoms. The second-order valence-electron chi connectivity index (χ2n) is 6.74. The predicted molar refractivity (Wildman–Crippen MR) is 101 cm³/mol. The highest BCUT2D eigenvalue weighted by Crippen LogP contribution is 2.05. The molecule has 1 aromatic rings. The minimum absolute atomic E-state index is 0.0657. The minimum atomic E-state index is -0.193. The standard InChI is InChI=1S/C19H30N4O3/c1-15(2)22-19(25)21-14-16-4-6-17(7-5-16)18(24)20-8-3-9-23-10-12-26-13-11-23/h4-7,15H,3,8-14H2,1-2H3,(H,20,24)(H2,21,22,25). The largest absolute Gasteiger partial charge is 0.379 e. The Labute approximate surface area is 155 Å². The molecular weight excluding hydrogens is 332 g/mol. The second kappa shape index (κ2) is 10.8. The van der Waals surface area contributed by atoms with Gasteiger partial charge in [0.25, 0.3) is 5.91 Å². The van der Waals surface area contributed by atoms with E-state index in [4.69, 9.17) is 4.74 Å². The summed E-state index contributed by atoms with van der Waals surface area (Å²) in [6.07, 6.45) is 0.929. The Kier molecular flexibility index (Phi) is 8.37. The number of ether oxygens (including phenoxy) is 1. The lowest BCUT2D eigenvalue weighted by atomic mass is 10.1. The Morgan fingerprint density at radius 1 is 1.12 bits per heavy atom. The summed E-state index contributed by atoms with van der Waals surface area (Å²) in [7, 11) is 0. The van der Waals surface area contributed by atoms with E-state index in [-0.39, 0.29) is 18.0 Å². The molecule has 1 fully saturated rings. The van der Waals surface area contributed by atoms with Crippen LogP contribution < -0.4 is 16.0 Å². The van der Waals surface area contributed by atoms with E-state index in [1.807, 2.05) is 26.0 Å². The fourth-order valence-corrected chi connectivity index (χ4v) is 2.70. The predicted octanol–water partition coefficient (Wildman–Crippen LogP) is 1.35. The van der Waals surface area contributed by atoms with Crippen molar-refractivity contribution in [3.63, 3.8) is 0 Å². The molecule has 1 aliphatic rings. The van der Waals surface area contributed by atoms with E-state index in [9.17, 15) is 9.59 Å². The SMILES string of the molecule is CC(C)NC(=O)NCc1ccc(C(=O)NCCCN2CCOCC2)cc1. The quantitative estimate of drug-likeness (QED) is 0.610. The van der Waals surface area contributed by atoms with Crippen molar-refractivity contribution in [1.29, 1.82) is 0 Å². The summed E-state index contributed by atoms with van der Waals surface area (Å²) in [6, 6.07) is 7.20. The fraction of sp³-hybridized carbons (Fsp3) is 0.579. The van der Waals surface area contributed by atoms with Gasteiger partial charge in [-0.2, -0.15) is 0 Å². The maximum absolute atomic E-state index is 12.2. The first-order valence-electron chi connectivity index (χ1n) is 9.26. The van der Waals surface area contributed by atoms with Crippen LogP contribution in [-0.2, 0) is 11.3 Å². The van der Waals surface area contributed by atoms with Crippen LogP contribution >= 0.6 is 0 Å². The molecule has 0 saturated carbocycles. The van der Waals surface area contributed by atoms with Gasteiger partial charge in [0.15, 0.2) is 0 Å². The molecule has 1 aromatic carbocycles. The van der Waals surface area contributed by atoms with Crippen molar-refractivity contribution in [2.75, 3.05) is 39.4 Å². The van der Waals surface area contributed by atoms with Gasteiger partial charge in [-0.05, 0) is 44.5 Å². The van der Waals surface area contributed by atoms with E-state index >= 15 is 0 Å². The summed E-state index contributed by atoms with van der Waals surface area (Å²) in [5.74, 6) is -0.0657. The summed E-state index contributed by atoms with van der Waals surface area (Å²) >= 11 is 0. The van der Waals surface area contributed by atoms with Crippen LogP contribution in [0.25, 0.3) is 0 Å². The molecule has 144 valence electrons. The summed E-state index contributed by atoms with van der Waals surface area (Å²) < 4.78 is 5.32. The molecule has 0 unspecified atom stereocenters. The van der Waals surface area contributed by atoms with E-state index in [1.165, 1.54) is 0 Å². The van der Waals surface area contributed by atoms with Crippen molar-refractivity contribution in [3.05, 3.63) is 35.4 Å². The highest BCUT2D eigenvalue weighted by atomic mass is 16.5. The van der Waals surface area contributed by atoms with Gasteiger partial charge >= 0.3 is 6.03 Å². The van der Waals surface area contributed by atoms with E-state index < -0.39 is 0 Å². The van der Waals surface area contributed by atoms with Crippen LogP contribution in [0, 0.1) is 0 Å². The van der Waals surface area contributed by atoms with Gasteiger partial charge in [0, 0.05) is 37.8 Å². The normalized spacial score (nSPS) is 14.9. The summed E-state index contributed by atoms with van der Waals surface area (Å²) in [6.45, 7) is 9.43. The average Bonchev–Trinajstić information content (AvgIpc) is 2.64. The fourth-order valence-electron chi connectivity index (χ4n) is 2.70. The monoisotopic (exact) mass is 362 g/mol. The van der Waals surface area contributed by atoms with E-state index in [0.29, 0.717) is 18.7 Å². The van der Waals surface area contributed by atoms with Gasteiger partial charge < -0.3 is 20.7 Å². The van der Waals surface area contributed by atoms with Crippen LogP contribution in [0.2, 0.25) is 0 Å². The average molecular weight is 362 g/mol. The van der Waals surface area contributed by atoms with Crippen LogP contribution in [0.15, 0.2) is 24.3 Å². The highest BCUT2D eigenvalue weighted by molar-refractivity contribution is 5.94. The van der Waals surface area contributed by atoms with Crippen molar-refractivity contribution < 1.29 is 14.3 Å². The topological polar surface area (TPSA) is 82.7 Å². The number of hydrogen-bond donors (Lipinski definition) is 3. The van der Waals surface area contributed by atoms with Gasteiger partial charge in [0.1, 0.15) is 0 Å². The van der Waals surface area contributed by atoms with Gasteiger partial charge in [-0.15, -0.1) is 0 Å². The van der Waals surface area contributed by atoms with E-state index in [0.717, 1.165) is 44.8 Å². The van der Waals surface area contributed by atoms with Gasteiger partial charge in [-0.3, -0.25) is 9.69 Å². The third kappa shape index (κ3) is 7.41. The summed E-state index contributed by atoms with van der Waals surface area (Å²) in [4.78, 5) is 26.1. The zero-order valence-corrected chi connectivity index (χ0v) is 15.7. The molecule has 2 rings (SSSR count). The Balaban J connectivity index is 1.66. The number of benzene rings is 1. The van der Waals surface area contributed by atoms with Crippen molar-refractivity contribution >= 4 is 11.9 Å². The molecule has 1 aliphatic heterocycles. The Morgan fingerprint density at radius 2 is 1.81 bits per heavy atom. The third-order valence-electron chi connectivity index (χ3n) is 4.13. The number of nitrogens with one attached hydrogen (secondary N) is 3. The maximum Gasteiger partial charge on any atom is 0.315 e. The molecule has 7 nitrogen and oxygen atoms in total. The van der Waals surface area contributed by atoms with Crippen LogP contribution in [0.5, 0.6) is 0 Å². The Hall–Kier alpha value is -2.12. The first-order valence-corrected chi connectivity index (χ1v) is 9.26. The smallest absolute Gasteiger partial charge is 0.315 e. The van der Waals surface area contributed by atoms with Crippen molar-refractivity contribution in [2.24, 2.45) is 0 Å². The van der Waals surface area contributed by atoms with E-state index in [2.05, 4.69) is 20.9 Å². The molecule has 0 radical (unpaired) electrons. The lowest BCUT2D eigenvalue weighted by molar-refractivity contribution is 0.0374. The van der Waals surface area contributed by atoms with Crippen molar-refractivity contribution in [1.82, 2.24) is 20.9 Å². The molecule has 0 atom stereocenters. The van der Waals surface area contributed by atoms with Crippen LogP contribution in [0.1, 0.15) is 36.2 Å². The Morgan fingerprint density at radius 3 is 2.46 bits per heavy atom. The minimum Gasteiger partial charge on any atom is -0.379 e. The van der Waals surface area contributed by atoms with Crippen LogP contribution in [0.3, 0.4) is 0 Å². The Bertz CT molecular complexity index is 569. The maximum atomic E-state index is 12.2. The van der Waals surface area contributed by atoms with E-state index in [1.54, 1.807) is 12.1 Å². The lowest BCUT2D eigenvalue weighted by Crippen LogP contribution is -2.39. The second-order valence-corrected chi connectivity index (χ2v) is 6.74. The van der Waals surface area contributed by atoms with Gasteiger partial charge in [0.2, 0.25) is 0 Å². The summed E-state index contributed by atoms with van der Waals surface area (Å²) in [5.41, 5.74) is 1.58. The number of urea groups is 1. The molecule has 3 N–H and O–H groups in total. The summed E-state index contributed by atoms with van der Waals surface area (Å²) in [5, 5.41) is 8.51. The first-order chi connectivity index (χ1) is 12.5. The number of carbonyl (C=O) groups is 2. The number of amides is 3. The number of hydrogen-bond acceptors (Lipinski definition) is 4. The molecule has 0 aromatic heterocycles. The molecule has 0 aliphatic carbocycles. The number of rotatable bonds is 8. The van der Waals surface area contributed by atoms with Crippen LogP contribution in [-0.4, -0.2) is 62.3 Å². The van der Waals surface area contributed by atoms with Crippen molar-refractivity contribution in [3.8, 4) is 0 Å². The number of morpholine rings is 1. The van der Waals surface area contributed by atoms with Crippen molar-refractivity contribution in [2.45, 2.75) is 32.9 Å². The number of carbonyl (C=O) groups excluding carboxylic acids is 2. The molecule has 0 bridgehead atoms. The molecule has 1 saturated heterocycles.